The van der Waals surface area contributed by atoms with Crippen molar-refractivity contribution in [3.8, 4) is 5.75 Å². The summed E-state index contributed by atoms with van der Waals surface area (Å²) in [6, 6.07) is 6.12. The van der Waals surface area contributed by atoms with E-state index < -0.39 is 0 Å². The van der Waals surface area contributed by atoms with Crippen molar-refractivity contribution in [2.45, 2.75) is 44.2 Å². The molecule has 1 saturated carbocycles. The van der Waals surface area contributed by atoms with E-state index in [9.17, 15) is 4.79 Å². The van der Waals surface area contributed by atoms with Gasteiger partial charge in [-0.05, 0) is 55.9 Å². The van der Waals surface area contributed by atoms with E-state index in [-0.39, 0.29) is 30.3 Å². The molecule has 3 rings (SSSR count). The number of rotatable bonds is 2. The molecule has 1 aliphatic heterocycles. The number of halogens is 2. The summed E-state index contributed by atoms with van der Waals surface area (Å²) in [5, 5.41) is 3.83. The molecule has 0 radical (unpaired) electrons. The highest BCUT2D eigenvalue weighted by Crippen LogP contribution is 2.30. The molecular formula is C16H22Cl2N2O2. The van der Waals surface area contributed by atoms with Crippen LogP contribution < -0.4 is 15.8 Å². The van der Waals surface area contributed by atoms with Gasteiger partial charge in [-0.25, -0.2) is 0 Å². The summed E-state index contributed by atoms with van der Waals surface area (Å²) in [6.45, 7) is 0.437. The van der Waals surface area contributed by atoms with Crippen LogP contribution in [0.25, 0.3) is 0 Å². The number of hydrogen-bond acceptors (Lipinski definition) is 3. The quantitative estimate of drug-likeness (QED) is 0.866. The highest BCUT2D eigenvalue weighted by atomic mass is 35.5. The van der Waals surface area contributed by atoms with Gasteiger partial charge >= 0.3 is 0 Å². The molecular weight excluding hydrogens is 323 g/mol. The average Bonchev–Trinajstić information content (AvgIpc) is 2.48. The van der Waals surface area contributed by atoms with Gasteiger partial charge in [-0.3, -0.25) is 4.79 Å². The molecule has 0 spiro atoms. The molecule has 0 bridgehead atoms. The van der Waals surface area contributed by atoms with Crippen LogP contribution in [0.4, 0.5) is 0 Å². The topological polar surface area (TPSA) is 64.3 Å². The van der Waals surface area contributed by atoms with Crippen LogP contribution in [0.1, 0.15) is 31.2 Å². The van der Waals surface area contributed by atoms with Crippen LogP contribution in [0, 0.1) is 5.92 Å². The van der Waals surface area contributed by atoms with Crippen LogP contribution in [0.5, 0.6) is 5.75 Å². The molecule has 122 valence electrons. The minimum Gasteiger partial charge on any atom is -0.492 e. The zero-order valence-corrected chi connectivity index (χ0v) is 14.0. The van der Waals surface area contributed by atoms with Crippen molar-refractivity contribution in [2.75, 3.05) is 6.61 Å². The number of hydrogen-bond donors (Lipinski definition) is 2. The second-order valence-electron chi connectivity index (χ2n) is 6.08. The standard InChI is InChI=1S/C16H21ClN2O2.ClH/c17-12-1-6-15-10(8-12)7-11(9-21-15)16(20)19-14-4-2-13(18)3-5-14;/h1,6,8,11,13-14H,2-5,7,9,18H2,(H,19,20);1H. The zero-order valence-electron chi connectivity index (χ0n) is 12.4. The van der Waals surface area contributed by atoms with Crippen LogP contribution in [0.3, 0.4) is 0 Å². The smallest absolute Gasteiger partial charge is 0.227 e. The molecule has 3 N–H and O–H groups in total. The van der Waals surface area contributed by atoms with Gasteiger partial charge in [-0.15, -0.1) is 12.4 Å². The van der Waals surface area contributed by atoms with E-state index in [4.69, 9.17) is 22.1 Å². The fourth-order valence-corrected chi connectivity index (χ4v) is 3.31. The molecule has 1 aromatic carbocycles. The van der Waals surface area contributed by atoms with Crippen LogP contribution in [0.2, 0.25) is 5.02 Å². The van der Waals surface area contributed by atoms with E-state index in [0.717, 1.165) is 37.0 Å². The first-order chi connectivity index (χ1) is 10.1. The SMILES string of the molecule is Cl.NC1CCC(NC(=O)C2COc3ccc(Cl)cc3C2)CC1. The molecule has 1 unspecified atom stereocenters. The lowest BCUT2D eigenvalue weighted by atomic mass is 9.90. The van der Waals surface area contributed by atoms with Crippen LogP contribution in [-0.2, 0) is 11.2 Å². The third-order valence-corrected chi connectivity index (χ3v) is 4.65. The van der Waals surface area contributed by atoms with Crippen molar-refractivity contribution in [3.05, 3.63) is 28.8 Å². The first-order valence-electron chi connectivity index (χ1n) is 7.59. The number of nitrogens with two attached hydrogens (primary N) is 1. The molecule has 1 fully saturated rings. The van der Waals surface area contributed by atoms with E-state index in [0.29, 0.717) is 24.1 Å². The van der Waals surface area contributed by atoms with Gasteiger partial charge in [0.1, 0.15) is 12.4 Å². The highest BCUT2D eigenvalue weighted by molar-refractivity contribution is 6.30. The number of fused-ring (bicyclic) bond motifs is 1. The normalized spacial score (nSPS) is 27.1. The third-order valence-electron chi connectivity index (χ3n) is 4.42. The Kier molecular flexibility index (Phi) is 5.95. The highest BCUT2D eigenvalue weighted by Gasteiger charge is 2.28. The zero-order chi connectivity index (χ0) is 14.8. The summed E-state index contributed by atoms with van der Waals surface area (Å²) < 4.78 is 5.68. The Morgan fingerprint density at radius 3 is 2.73 bits per heavy atom. The van der Waals surface area contributed by atoms with Crippen LogP contribution in [-0.4, -0.2) is 24.6 Å². The van der Waals surface area contributed by atoms with Crippen LogP contribution in [0.15, 0.2) is 18.2 Å². The summed E-state index contributed by atoms with van der Waals surface area (Å²) in [6.07, 6.45) is 4.62. The van der Waals surface area contributed by atoms with E-state index >= 15 is 0 Å². The molecule has 4 nitrogen and oxygen atoms in total. The number of carbonyl (C=O) groups excluding carboxylic acids is 1. The van der Waals surface area contributed by atoms with Gasteiger partial charge in [0.2, 0.25) is 5.91 Å². The maximum atomic E-state index is 12.4. The van der Waals surface area contributed by atoms with Crippen molar-refractivity contribution >= 4 is 29.9 Å². The van der Waals surface area contributed by atoms with E-state index in [2.05, 4.69) is 5.32 Å². The molecule has 0 aromatic heterocycles. The number of ether oxygens (including phenoxy) is 1. The van der Waals surface area contributed by atoms with Crippen molar-refractivity contribution in [3.63, 3.8) is 0 Å². The number of benzene rings is 1. The molecule has 22 heavy (non-hydrogen) atoms. The maximum absolute atomic E-state index is 12.4. The van der Waals surface area contributed by atoms with Crippen molar-refractivity contribution in [1.29, 1.82) is 0 Å². The minimum atomic E-state index is -0.133. The largest absolute Gasteiger partial charge is 0.492 e. The summed E-state index contributed by atoms with van der Waals surface area (Å²) in [7, 11) is 0. The van der Waals surface area contributed by atoms with Gasteiger partial charge in [0.05, 0.1) is 5.92 Å². The van der Waals surface area contributed by atoms with E-state index in [1.54, 1.807) is 0 Å². The summed E-state index contributed by atoms with van der Waals surface area (Å²) in [4.78, 5) is 12.4. The summed E-state index contributed by atoms with van der Waals surface area (Å²) >= 11 is 6.01. The summed E-state index contributed by atoms with van der Waals surface area (Å²) in [5.41, 5.74) is 6.91. The van der Waals surface area contributed by atoms with Crippen molar-refractivity contribution < 1.29 is 9.53 Å². The Bertz CT molecular complexity index is 531. The predicted molar refractivity (Wildman–Crippen MR) is 89.8 cm³/mol. The number of carbonyl (C=O) groups is 1. The second kappa shape index (κ2) is 7.53. The molecule has 6 heteroatoms. The second-order valence-corrected chi connectivity index (χ2v) is 6.52. The molecule has 1 aliphatic carbocycles. The Morgan fingerprint density at radius 1 is 1.27 bits per heavy atom. The Morgan fingerprint density at radius 2 is 2.00 bits per heavy atom. The number of nitrogens with one attached hydrogen (secondary N) is 1. The fourth-order valence-electron chi connectivity index (χ4n) is 3.11. The minimum absolute atomic E-state index is 0. The molecule has 0 saturated heterocycles. The fraction of sp³-hybridized carbons (Fsp3) is 0.562. The lowest BCUT2D eigenvalue weighted by Gasteiger charge is -2.30. The Labute approximate surface area is 142 Å². The third kappa shape index (κ3) is 4.06. The molecule has 1 atom stereocenters. The van der Waals surface area contributed by atoms with Crippen molar-refractivity contribution in [2.24, 2.45) is 11.7 Å². The predicted octanol–water partition coefficient (Wildman–Crippen LogP) is 2.70. The Hall–Kier alpha value is -0.970. The molecule has 1 amide bonds. The van der Waals surface area contributed by atoms with Gasteiger partial charge in [0.15, 0.2) is 0 Å². The van der Waals surface area contributed by atoms with Gasteiger partial charge in [-0.1, -0.05) is 11.6 Å². The van der Waals surface area contributed by atoms with Gasteiger partial charge in [-0.2, -0.15) is 0 Å². The van der Waals surface area contributed by atoms with Crippen molar-refractivity contribution in [1.82, 2.24) is 5.32 Å². The lowest BCUT2D eigenvalue weighted by molar-refractivity contribution is -0.127. The number of amides is 1. The Balaban J connectivity index is 0.00000176. The first-order valence-corrected chi connectivity index (χ1v) is 7.97. The van der Waals surface area contributed by atoms with E-state index in [1.807, 2.05) is 18.2 Å². The maximum Gasteiger partial charge on any atom is 0.227 e. The van der Waals surface area contributed by atoms with Crippen LogP contribution >= 0.6 is 24.0 Å². The van der Waals surface area contributed by atoms with Gasteiger partial charge < -0.3 is 15.8 Å². The monoisotopic (exact) mass is 344 g/mol. The molecule has 2 aliphatic rings. The molecule has 1 heterocycles. The summed E-state index contributed by atoms with van der Waals surface area (Å²) in [5.74, 6) is 0.791. The van der Waals surface area contributed by atoms with E-state index in [1.165, 1.54) is 0 Å². The lowest BCUT2D eigenvalue weighted by Crippen LogP contribution is -2.45. The van der Waals surface area contributed by atoms with Gasteiger partial charge in [0.25, 0.3) is 0 Å². The molecule has 1 aromatic rings. The van der Waals surface area contributed by atoms with Gasteiger partial charge in [0, 0.05) is 17.1 Å². The first kappa shape index (κ1) is 17.4. The average molecular weight is 345 g/mol.